The van der Waals surface area contributed by atoms with Gasteiger partial charge in [0.2, 0.25) is 5.91 Å². The first-order valence-corrected chi connectivity index (χ1v) is 5.79. The molecule has 0 spiro atoms. The van der Waals surface area contributed by atoms with E-state index in [1.165, 1.54) is 0 Å². The van der Waals surface area contributed by atoms with Gasteiger partial charge in [0.15, 0.2) is 0 Å². The highest BCUT2D eigenvalue weighted by Gasteiger charge is 2.15. The van der Waals surface area contributed by atoms with Crippen molar-refractivity contribution in [3.63, 3.8) is 0 Å². The molecule has 4 nitrogen and oxygen atoms in total. The molecule has 1 fully saturated rings. The van der Waals surface area contributed by atoms with Crippen LogP contribution in [-0.4, -0.2) is 61.6 Å². The molecule has 4 heteroatoms. The molecule has 1 heterocycles. The zero-order valence-corrected chi connectivity index (χ0v) is 9.87. The van der Waals surface area contributed by atoms with Crippen molar-refractivity contribution in [3.8, 4) is 0 Å². The second kappa shape index (κ2) is 6.80. The summed E-state index contributed by atoms with van der Waals surface area (Å²) in [5.74, 6) is 0.196. The van der Waals surface area contributed by atoms with Crippen LogP contribution >= 0.6 is 0 Å². The zero-order valence-electron chi connectivity index (χ0n) is 9.87. The van der Waals surface area contributed by atoms with Gasteiger partial charge in [0.1, 0.15) is 0 Å². The van der Waals surface area contributed by atoms with Gasteiger partial charge in [0, 0.05) is 39.7 Å². The maximum absolute atomic E-state index is 11.2. The number of nitrogens with zero attached hydrogens (tertiary/aromatic N) is 2. The largest absolute Gasteiger partial charge is 0.380 e. The molecule has 0 aliphatic carbocycles. The Hall–Kier alpha value is -0.610. The van der Waals surface area contributed by atoms with Crippen LogP contribution in [0.5, 0.6) is 0 Å². The van der Waals surface area contributed by atoms with Crippen molar-refractivity contribution in [2.24, 2.45) is 0 Å². The van der Waals surface area contributed by atoms with E-state index in [1.54, 1.807) is 6.92 Å². The summed E-state index contributed by atoms with van der Waals surface area (Å²) >= 11 is 0. The predicted octanol–water partition coefficient (Wildman–Crippen LogP) is 0.577. The predicted molar refractivity (Wildman–Crippen MR) is 59.8 cm³/mol. The Bertz CT molecular complexity index is 197. The normalized spacial score (nSPS) is 18.9. The number of hydrogen-bond acceptors (Lipinski definition) is 3. The molecule has 0 radical (unpaired) electrons. The van der Waals surface area contributed by atoms with Crippen LogP contribution in [0, 0.1) is 0 Å². The monoisotopic (exact) mass is 214 g/mol. The highest BCUT2D eigenvalue weighted by atomic mass is 16.5. The lowest BCUT2D eigenvalue weighted by Crippen LogP contribution is -2.34. The second-order valence-electron chi connectivity index (χ2n) is 3.90. The summed E-state index contributed by atoms with van der Waals surface area (Å²) in [7, 11) is 0. The van der Waals surface area contributed by atoms with E-state index in [9.17, 15) is 4.79 Å². The smallest absolute Gasteiger partial charge is 0.219 e. The third-order valence-electron chi connectivity index (χ3n) is 2.79. The molecular formula is C11H22N2O2. The molecule has 1 rings (SSSR count). The van der Waals surface area contributed by atoms with Crippen LogP contribution in [0.3, 0.4) is 0 Å². The highest BCUT2D eigenvalue weighted by Crippen LogP contribution is 2.02. The number of carbonyl (C=O) groups is 1. The average molecular weight is 214 g/mol. The van der Waals surface area contributed by atoms with E-state index >= 15 is 0 Å². The molecule has 1 amide bonds. The lowest BCUT2D eigenvalue weighted by Gasteiger charge is -2.20. The molecule has 15 heavy (non-hydrogen) atoms. The molecule has 0 bridgehead atoms. The Morgan fingerprint density at radius 1 is 1.27 bits per heavy atom. The van der Waals surface area contributed by atoms with Gasteiger partial charge < -0.3 is 9.64 Å². The van der Waals surface area contributed by atoms with Crippen molar-refractivity contribution in [3.05, 3.63) is 0 Å². The first-order valence-electron chi connectivity index (χ1n) is 5.79. The van der Waals surface area contributed by atoms with Gasteiger partial charge in [-0.25, -0.2) is 0 Å². The van der Waals surface area contributed by atoms with Crippen molar-refractivity contribution in [1.29, 1.82) is 0 Å². The van der Waals surface area contributed by atoms with Gasteiger partial charge in [-0.15, -0.1) is 0 Å². The maximum atomic E-state index is 11.2. The Labute approximate surface area is 92.2 Å². The molecule has 0 N–H and O–H groups in total. The summed E-state index contributed by atoms with van der Waals surface area (Å²) in [5.41, 5.74) is 0. The average Bonchev–Trinajstić information content (AvgIpc) is 2.44. The summed E-state index contributed by atoms with van der Waals surface area (Å²) in [6.45, 7) is 10.1. The van der Waals surface area contributed by atoms with E-state index < -0.39 is 0 Å². The first kappa shape index (κ1) is 12.5. The number of hydrogen-bond donors (Lipinski definition) is 0. The van der Waals surface area contributed by atoms with Gasteiger partial charge in [-0.2, -0.15) is 0 Å². The summed E-state index contributed by atoms with van der Waals surface area (Å²) in [4.78, 5) is 15.5. The summed E-state index contributed by atoms with van der Waals surface area (Å²) in [5, 5.41) is 0. The van der Waals surface area contributed by atoms with Gasteiger partial charge in [-0.1, -0.05) is 0 Å². The number of rotatable bonds is 4. The second-order valence-corrected chi connectivity index (χ2v) is 3.90. The van der Waals surface area contributed by atoms with Crippen LogP contribution < -0.4 is 0 Å². The Balaban J connectivity index is 2.23. The molecule has 0 saturated carbocycles. The van der Waals surface area contributed by atoms with Crippen LogP contribution in [0.1, 0.15) is 20.3 Å². The van der Waals surface area contributed by atoms with Crippen LogP contribution in [-0.2, 0) is 9.53 Å². The van der Waals surface area contributed by atoms with Gasteiger partial charge in [-0.3, -0.25) is 9.69 Å². The van der Waals surface area contributed by atoms with Crippen molar-refractivity contribution in [2.75, 3.05) is 45.9 Å². The molecule has 0 atom stereocenters. The van der Waals surface area contributed by atoms with Crippen LogP contribution in [0.2, 0.25) is 0 Å². The van der Waals surface area contributed by atoms with Crippen molar-refractivity contribution in [2.45, 2.75) is 20.3 Å². The quantitative estimate of drug-likeness (QED) is 0.642. The first-order chi connectivity index (χ1) is 7.24. The number of carbonyl (C=O) groups excluding carboxylic acids is 1. The van der Waals surface area contributed by atoms with Crippen molar-refractivity contribution >= 4 is 5.91 Å². The van der Waals surface area contributed by atoms with E-state index in [2.05, 4.69) is 4.90 Å². The van der Waals surface area contributed by atoms with Crippen molar-refractivity contribution < 1.29 is 9.53 Å². The van der Waals surface area contributed by atoms with E-state index in [4.69, 9.17) is 4.74 Å². The zero-order chi connectivity index (χ0) is 11.1. The Kier molecular flexibility index (Phi) is 5.65. The standard InChI is InChI=1S/C11H22N2O2/c1-3-15-10-9-12-5-4-6-13(8-7-12)11(2)14/h3-10H2,1-2H3. The lowest BCUT2D eigenvalue weighted by molar-refractivity contribution is -0.128. The van der Waals surface area contributed by atoms with E-state index in [-0.39, 0.29) is 5.91 Å². The fraction of sp³-hybridized carbons (Fsp3) is 0.909. The van der Waals surface area contributed by atoms with Crippen LogP contribution in [0.4, 0.5) is 0 Å². The summed E-state index contributed by atoms with van der Waals surface area (Å²) in [6, 6.07) is 0. The van der Waals surface area contributed by atoms with Crippen LogP contribution in [0.25, 0.3) is 0 Å². The molecule has 88 valence electrons. The summed E-state index contributed by atoms with van der Waals surface area (Å²) < 4.78 is 5.33. The molecule has 0 aromatic carbocycles. The molecule has 0 aromatic rings. The van der Waals surface area contributed by atoms with Gasteiger partial charge >= 0.3 is 0 Å². The van der Waals surface area contributed by atoms with E-state index in [0.29, 0.717) is 0 Å². The minimum Gasteiger partial charge on any atom is -0.380 e. The maximum Gasteiger partial charge on any atom is 0.219 e. The fourth-order valence-corrected chi connectivity index (χ4v) is 1.85. The van der Waals surface area contributed by atoms with Gasteiger partial charge in [0.25, 0.3) is 0 Å². The van der Waals surface area contributed by atoms with Gasteiger partial charge in [0.05, 0.1) is 6.61 Å². The SMILES string of the molecule is CCOCCN1CCCN(C(C)=O)CC1. The van der Waals surface area contributed by atoms with Crippen molar-refractivity contribution in [1.82, 2.24) is 9.80 Å². The lowest BCUT2D eigenvalue weighted by atomic mass is 10.4. The van der Waals surface area contributed by atoms with E-state index in [0.717, 1.165) is 52.4 Å². The van der Waals surface area contributed by atoms with Crippen LogP contribution in [0.15, 0.2) is 0 Å². The molecule has 1 aliphatic heterocycles. The van der Waals surface area contributed by atoms with E-state index in [1.807, 2.05) is 11.8 Å². The Morgan fingerprint density at radius 3 is 2.73 bits per heavy atom. The third kappa shape index (κ3) is 4.62. The Morgan fingerprint density at radius 2 is 2.07 bits per heavy atom. The molecule has 1 aliphatic rings. The van der Waals surface area contributed by atoms with Gasteiger partial charge in [-0.05, 0) is 19.9 Å². The molecular weight excluding hydrogens is 192 g/mol. The highest BCUT2D eigenvalue weighted by molar-refractivity contribution is 5.73. The minimum atomic E-state index is 0.196. The molecule has 0 unspecified atom stereocenters. The fourth-order valence-electron chi connectivity index (χ4n) is 1.85. The topological polar surface area (TPSA) is 32.8 Å². The minimum absolute atomic E-state index is 0.196. The third-order valence-corrected chi connectivity index (χ3v) is 2.79. The number of amides is 1. The summed E-state index contributed by atoms with van der Waals surface area (Å²) in [6.07, 6.45) is 1.08. The number of ether oxygens (including phenoxy) is 1. The molecule has 0 aromatic heterocycles. The molecule has 1 saturated heterocycles.